The lowest BCUT2D eigenvalue weighted by Gasteiger charge is -2.15. The van der Waals surface area contributed by atoms with Gasteiger partial charge in [0, 0.05) is 0 Å². The van der Waals surface area contributed by atoms with E-state index in [9.17, 15) is 4.57 Å². The maximum Gasteiger partial charge on any atom is 0.0977 e. The molecule has 0 heterocycles. The molecule has 62 valence electrons. The highest BCUT2D eigenvalue weighted by Crippen LogP contribution is 2.41. The van der Waals surface area contributed by atoms with Crippen LogP contribution in [0.15, 0.2) is 0 Å². The summed E-state index contributed by atoms with van der Waals surface area (Å²) in [6, 6.07) is 0. The van der Waals surface area contributed by atoms with Crippen LogP contribution in [0.1, 0.15) is 12.8 Å². The second kappa shape index (κ2) is 4.12. The molecule has 0 spiro atoms. The van der Waals surface area contributed by atoms with Crippen molar-refractivity contribution in [2.45, 2.75) is 18.6 Å². The van der Waals surface area contributed by atoms with Crippen molar-refractivity contribution in [1.82, 2.24) is 0 Å². The summed E-state index contributed by atoms with van der Waals surface area (Å²) in [5, 5.41) is 0. The second-order valence-corrected chi connectivity index (χ2v) is 6.46. The summed E-state index contributed by atoms with van der Waals surface area (Å²) in [4.78, 5) is 0. The maximum atomic E-state index is 11.3. The van der Waals surface area contributed by atoms with Gasteiger partial charge in [-0.2, -0.15) is 0 Å². The molecule has 0 aromatic heterocycles. The summed E-state index contributed by atoms with van der Waals surface area (Å²) < 4.78 is 11.3. The minimum Gasteiger partial charge on any atom is -0.330 e. The normalized spacial score (nSPS) is 15.2. The smallest absolute Gasteiger partial charge is 0.0977 e. The Morgan fingerprint density at radius 2 is 2.00 bits per heavy atom. The molecule has 0 aromatic carbocycles. The van der Waals surface area contributed by atoms with Crippen LogP contribution in [-0.2, 0) is 4.57 Å². The van der Waals surface area contributed by atoms with Crippen LogP contribution in [0.25, 0.3) is 0 Å². The van der Waals surface area contributed by atoms with Gasteiger partial charge in [0.2, 0.25) is 0 Å². The first-order valence-corrected chi connectivity index (χ1v) is 6.16. The molecule has 0 rings (SSSR count). The SMILES string of the molecule is CP(C)(=O)C(N)CCCN. The van der Waals surface area contributed by atoms with Crippen LogP contribution in [-0.4, -0.2) is 25.7 Å². The number of nitrogens with two attached hydrogens (primary N) is 2. The van der Waals surface area contributed by atoms with Gasteiger partial charge in [0.15, 0.2) is 0 Å². The predicted octanol–water partition coefficient (Wildman–Crippen LogP) is 0.633. The van der Waals surface area contributed by atoms with Crippen molar-refractivity contribution in [2.24, 2.45) is 11.5 Å². The van der Waals surface area contributed by atoms with Crippen molar-refractivity contribution in [2.75, 3.05) is 19.9 Å². The van der Waals surface area contributed by atoms with E-state index in [1.165, 1.54) is 0 Å². The molecule has 0 saturated heterocycles. The van der Waals surface area contributed by atoms with Gasteiger partial charge in [0.05, 0.1) is 12.9 Å². The number of hydrogen-bond acceptors (Lipinski definition) is 3. The van der Waals surface area contributed by atoms with Gasteiger partial charge in [-0.3, -0.25) is 0 Å². The van der Waals surface area contributed by atoms with Crippen molar-refractivity contribution in [3.05, 3.63) is 0 Å². The molecule has 10 heavy (non-hydrogen) atoms. The zero-order valence-corrected chi connectivity index (χ0v) is 7.60. The van der Waals surface area contributed by atoms with E-state index in [1.807, 2.05) is 0 Å². The Balaban J connectivity index is 3.63. The van der Waals surface area contributed by atoms with Crippen LogP contribution < -0.4 is 11.5 Å². The fourth-order valence-corrected chi connectivity index (χ4v) is 1.44. The summed E-state index contributed by atoms with van der Waals surface area (Å²) >= 11 is 0. The monoisotopic (exact) mass is 164 g/mol. The highest BCUT2D eigenvalue weighted by atomic mass is 31.2. The summed E-state index contributed by atoms with van der Waals surface area (Å²) in [5.74, 6) is -0.156. The Hall–Kier alpha value is 0.150. The van der Waals surface area contributed by atoms with Crippen molar-refractivity contribution < 1.29 is 4.57 Å². The first kappa shape index (κ1) is 10.2. The predicted molar refractivity (Wildman–Crippen MR) is 45.7 cm³/mol. The van der Waals surface area contributed by atoms with Gasteiger partial charge < -0.3 is 16.0 Å². The lowest BCUT2D eigenvalue weighted by atomic mass is 10.3. The Morgan fingerprint density at radius 1 is 1.50 bits per heavy atom. The van der Waals surface area contributed by atoms with Crippen molar-refractivity contribution >= 4 is 7.14 Å². The summed E-state index contributed by atoms with van der Waals surface area (Å²) in [6.07, 6.45) is 1.65. The maximum absolute atomic E-state index is 11.3. The van der Waals surface area contributed by atoms with Gasteiger partial charge in [-0.05, 0) is 32.7 Å². The standard InChI is InChI=1S/C6H17N2OP/c1-10(2,9)6(8)4-3-5-7/h6H,3-5,7-8H2,1-2H3. The van der Waals surface area contributed by atoms with Gasteiger partial charge in [-0.25, -0.2) is 0 Å². The van der Waals surface area contributed by atoms with Crippen LogP contribution in [0, 0.1) is 0 Å². The molecule has 0 fully saturated rings. The van der Waals surface area contributed by atoms with E-state index in [1.54, 1.807) is 13.3 Å². The molecule has 0 aromatic rings. The van der Waals surface area contributed by atoms with Gasteiger partial charge >= 0.3 is 0 Å². The molecule has 0 amide bonds. The molecular formula is C6H17N2OP. The average molecular weight is 164 g/mol. The fourth-order valence-electron chi connectivity index (χ4n) is 0.638. The molecule has 0 aliphatic heterocycles. The van der Waals surface area contributed by atoms with Crippen LogP contribution in [0.5, 0.6) is 0 Å². The third kappa shape index (κ3) is 4.04. The van der Waals surface area contributed by atoms with Crippen LogP contribution >= 0.6 is 7.14 Å². The highest BCUT2D eigenvalue weighted by molar-refractivity contribution is 7.63. The Bertz CT molecular complexity index is 132. The average Bonchev–Trinajstić information content (AvgIpc) is 1.80. The highest BCUT2D eigenvalue weighted by Gasteiger charge is 2.16. The second-order valence-electron chi connectivity index (χ2n) is 2.93. The quantitative estimate of drug-likeness (QED) is 0.599. The first-order chi connectivity index (χ1) is 4.48. The van der Waals surface area contributed by atoms with Crippen molar-refractivity contribution in [1.29, 1.82) is 0 Å². The molecular weight excluding hydrogens is 147 g/mol. The Kier molecular flexibility index (Phi) is 4.18. The molecule has 0 bridgehead atoms. The summed E-state index contributed by atoms with van der Waals surface area (Å²) in [5.41, 5.74) is 10.9. The van der Waals surface area contributed by atoms with Gasteiger partial charge in [-0.1, -0.05) is 0 Å². The molecule has 1 atom stereocenters. The van der Waals surface area contributed by atoms with E-state index in [-0.39, 0.29) is 5.78 Å². The van der Waals surface area contributed by atoms with E-state index >= 15 is 0 Å². The van der Waals surface area contributed by atoms with Crippen molar-refractivity contribution in [3.8, 4) is 0 Å². The number of hydrogen-bond donors (Lipinski definition) is 2. The van der Waals surface area contributed by atoms with Crippen LogP contribution in [0.3, 0.4) is 0 Å². The zero-order chi connectivity index (χ0) is 8.20. The topological polar surface area (TPSA) is 69.1 Å². The van der Waals surface area contributed by atoms with E-state index in [2.05, 4.69) is 0 Å². The molecule has 4 N–H and O–H groups in total. The van der Waals surface area contributed by atoms with Gasteiger partial charge in [-0.15, -0.1) is 0 Å². The van der Waals surface area contributed by atoms with Crippen LogP contribution in [0.4, 0.5) is 0 Å². The Labute approximate surface area is 62.5 Å². The van der Waals surface area contributed by atoms with Crippen molar-refractivity contribution in [3.63, 3.8) is 0 Å². The summed E-state index contributed by atoms with van der Waals surface area (Å²) in [6.45, 7) is 4.07. The Morgan fingerprint density at radius 3 is 2.30 bits per heavy atom. The third-order valence-electron chi connectivity index (χ3n) is 1.50. The molecule has 4 heteroatoms. The van der Waals surface area contributed by atoms with E-state index in [4.69, 9.17) is 11.5 Å². The largest absolute Gasteiger partial charge is 0.330 e. The van der Waals surface area contributed by atoms with Gasteiger partial charge in [0.1, 0.15) is 0 Å². The molecule has 3 nitrogen and oxygen atoms in total. The molecule has 0 saturated carbocycles. The fraction of sp³-hybridized carbons (Fsp3) is 1.00. The third-order valence-corrected chi connectivity index (χ3v) is 3.36. The van der Waals surface area contributed by atoms with E-state index in [0.29, 0.717) is 6.54 Å². The van der Waals surface area contributed by atoms with E-state index in [0.717, 1.165) is 12.8 Å². The molecule has 1 unspecified atom stereocenters. The molecule has 0 aliphatic rings. The first-order valence-electron chi connectivity index (χ1n) is 3.49. The van der Waals surface area contributed by atoms with E-state index < -0.39 is 7.14 Å². The minimum absolute atomic E-state index is 0.156. The van der Waals surface area contributed by atoms with Crippen LogP contribution in [0.2, 0.25) is 0 Å². The number of rotatable bonds is 4. The minimum atomic E-state index is -2.06. The zero-order valence-electron chi connectivity index (χ0n) is 6.71. The van der Waals surface area contributed by atoms with Gasteiger partial charge in [0.25, 0.3) is 0 Å². The molecule has 0 radical (unpaired) electrons. The summed E-state index contributed by atoms with van der Waals surface area (Å²) in [7, 11) is -2.06. The lowest BCUT2D eigenvalue weighted by Crippen LogP contribution is -2.20. The molecule has 0 aliphatic carbocycles. The lowest BCUT2D eigenvalue weighted by molar-refractivity contribution is 0.564.